The molecule has 0 fully saturated rings. The second-order valence-corrected chi connectivity index (χ2v) is 13.4. The lowest BCUT2D eigenvalue weighted by atomic mass is 10.0. The normalized spacial score (nSPS) is 15.8. The van der Waals surface area contributed by atoms with Gasteiger partial charge in [0, 0.05) is 5.54 Å². The summed E-state index contributed by atoms with van der Waals surface area (Å²) in [6.45, 7) is 14.4. The van der Waals surface area contributed by atoms with E-state index in [1.807, 2.05) is 0 Å². The first-order chi connectivity index (χ1) is 13.3. The Morgan fingerprint density at radius 2 is 1.11 bits per heavy atom. The van der Waals surface area contributed by atoms with Crippen molar-refractivity contribution in [2.24, 2.45) is 0 Å². The van der Waals surface area contributed by atoms with Crippen LogP contribution in [0.5, 0.6) is 0 Å². The molecule has 1 aromatic carbocycles. The molecule has 3 aliphatic carbocycles. The van der Waals surface area contributed by atoms with Crippen LogP contribution in [-0.4, -0.2) is 8.07 Å². The van der Waals surface area contributed by atoms with Gasteiger partial charge in [0.15, 0.2) is 0 Å². The Bertz CT molecular complexity index is 1040. The molecule has 0 aliphatic heterocycles. The van der Waals surface area contributed by atoms with Crippen molar-refractivity contribution < 1.29 is 0 Å². The van der Waals surface area contributed by atoms with Crippen molar-refractivity contribution in [1.82, 2.24) is 0 Å². The summed E-state index contributed by atoms with van der Waals surface area (Å²) >= 11 is 0. The summed E-state index contributed by atoms with van der Waals surface area (Å²) in [7, 11) is -1.74. The lowest BCUT2D eigenvalue weighted by Crippen LogP contribution is -2.46. The van der Waals surface area contributed by atoms with Crippen LogP contribution in [0.4, 0.5) is 0 Å². The zero-order valence-corrected chi connectivity index (χ0v) is 18.9. The van der Waals surface area contributed by atoms with Crippen LogP contribution in [0.1, 0.15) is 27.7 Å². The maximum absolute atomic E-state index is 2.56. The highest BCUT2D eigenvalue weighted by Crippen LogP contribution is 2.47. The topological polar surface area (TPSA) is 0 Å². The van der Waals surface area contributed by atoms with Crippen LogP contribution >= 0.6 is 0 Å². The summed E-state index contributed by atoms with van der Waals surface area (Å²) in [5, 5.41) is 1.59. The average Bonchev–Trinajstić information content (AvgIpc) is 3.10. The van der Waals surface area contributed by atoms with Crippen molar-refractivity contribution in [3.8, 4) is 22.3 Å². The molecule has 0 saturated heterocycles. The first-order valence-electron chi connectivity index (χ1n) is 10.3. The molecule has 4 rings (SSSR count). The predicted octanol–water partition coefficient (Wildman–Crippen LogP) is 7.43. The minimum absolute atomic E-state index is 0.601. The van der Waals surface area contributed by atoms with Gasteiger partial charge in [-0.05, 0) is 61.1 Å². The van der Waals surface area contributed by atoms with Gasteiger partial charge in [-0.2, -0.15) is 0 Å². The lowest BCUT2D eigenvalue weighted by molar-refractivity contribution is 1.08. The van der Waals surface area contributed by atoms with E-state index in [1.54, 1.807) is 16.3 Å². The minimum atomic E-state index is -1.74. The zero-order valence-electron chi connectivity index (χ0n) is 17.9. The maximum Gasteiger partial charge on any atom is 0.0926 e. The van der Waals surface area contributed by atoms with Crippen LogP contribution in [0.15, 0.2) is 89.0 Å². The van der Waals surface area contributed by atoms with Gasteiger partial charge in [-0.1, -0.05) is 96.2 Å². The van der Waals surface area contributed by atoms with E-state index >= 15 is 0 Å². The third-order valence-corrected chi connectivity index (χ3v) is 11.2. The van der Waals surface area contributed by atoms with Gasteiger partial charge in [0.25, 0.3) is 0 Å². The Hall–Kier alpha value is -2.38. The molecular formula is C27H30Si. The summed E-state index contributed by atoms with van der Waals surface area (Å²) in [5.74, 6) is 0. The molecule has 28 heavy (non-hydrogen) atoms. The Kier molecular flexibility index (Phi) is 4.67. The smallest absolute Gasteiger partial charge is 0.0653 e. The molecule has 0 unspecified atom stereocenters. The monoisotopic (exact) mass is 382 g/mol. The number of rotatable bonds is 3. The molecule has 0 bridgehead atoms. The molecule has 0 radical (unpaired) electrons. The van der Waals surface area contributed by atoms with Gasteiger partial charge in [0.1, 0.15) is 0 Å². The van der Waals surface area contributed by atoms with Crippen molar-refractivity contribution in [1.29, 1.82) is 0 Å². The van der Waals surface area contributed by atoms with E-state index in [-0.39, 0.29) is 0 Å². The molecular weight excluding hydrogens is 352 g/mol. The molecule has 0 amide bonds. The van der Waals surface area contributed by atoms with Gasteiger partial charge in [0.05, 0.1) is 8.07 Å². The largest absolute Gasteiger partial charge is 0.0926 e. The van der Waals surface area contributed by atoms with E-state index < -0.39 is 8.07 Å². The van der Waals surface area contributed by atoms with Gasteiger partial charge in [-0.3, -0.25) is 0 Å². The van der Waals surface area contributed by atoms with E-state index in [0.29, 0.717) is 5.54 Å². The van der Waals surface area contributed by atoms with Crippen molar-refractivity contribution in [2.45, 2.75) is 46.3 Å². The molecule has 0 saturated carbocycles. The van der Waals surface area contributed by atoms with Crippen LogP contribution in [0.3, 0.4) is 0 Å². The second-order valence-electron chi connectivity index (χ2n) is 8.84. The van der Waals surface area contributed by atoms with E-state index in [9.17, 15) is 0 Å². The quantitative estimate of drug-likeness (QED) is 0.413. The molecule has 0 heterocycles. The first kappa shape index (κ1) is 19.0. The van der Waals surface area contributed by atoms with Crippen LogP contribution in [-0.2, 0) is 0 Å². The molecule has 0 N–H and O–H groups in total. The second kappa shape index (κ2) is 6.90. The van der Waals surface area contributed by atoms with Gasteiger partial charge in [-0.25, -0.2) is 0 Å². The number of allylic oxidation sites excluding steroid dienone is 4. The summed E-state index contributed by atoms with van der Waals surface area (Å²) in [6, 6.07) is 24.5. The summed E-state index contributed by atoms with van der Waals surface area (Å²) in [6.07, 6.45) is 0. The molecule has 1 heteroatoms. The van der Waals surface area contributed by atoms with E-state index in [4.69, 9.17) is 0 Å². The summed E-state index contributed by atoms with van der Waals surface area (Å²) < 4.78 is 0. The van der Waals surface area contributed by atoms with Crippen molar-refractivity contribution >= 4 is 13.3 Å². The SMILES string of the molecule is CC1=C(C)C([Si](C)(C)c2ccc3c(-c4ccccc4)ccccc2-3)C(C)=C1C. The fourth-order valence-electron chi connectivity index (χ4n) is 5.32. The van der Waals surface area contributed by atoms with Crippen molar-refractivity contribution in [3.05, 3.63) is 89.0 Å². The fourth-order valence-corrected chi connectivity index (χ4v) is 9.65. The summed E-state index contributed by atoms with van der Waals surface area (Å²) in [4.78, 5) is 0. The van der Waals surface area contributed by atoms with E-state index in [2.05, 4.69) is 108 Å². The summed E-state index contributed by atoms with van der Waals surface area (Å²) in [5.41, 5.74) is 12.2. The third kappa shape index (κ3) is 2.81. The van der Waals surface area contributed by atoms with Gasteiger partial charge in [0.2, 0.25) is 0 Å². The Balaban J connectivity index is 1.87. The molecule has 0 atom stereocenters. The van der Waals surface area contributed by atoms with Gasteiger partial charge in [-0.15, -0.1) is 0 Å². The highest BCUT2D eigenvalue weighted by atomic mass is 28.3. The third-order valence-electron chi connectivity index (χ3n) is 7.04. The maximum atomic E-state index is 2.56. The molecule has 0 nitrogen and oxygen atoms in total. The van der Waals surface area contributed by atoms with Crippen LogP contribution in [0.2, 0.25) is 18.6 Å². The number of hydrogen-bond donors (Lipinski definition) is 0. The predicted molar refractivity (Wildman–Crippen MR) is 126 cm³/mol. The Morgan fingerprint density at radius 3 is 1.71 bits per heavy atom. The van der Waals surface area contributed by atoms with E-state index in [0.717, 1.165) is 0 Å². The highest BCUT2D eigenvalue weighted by Gasteiger charge is 2.41. The average molecular weight is 383 g/mol. The van der Waals surface area contributed by atoms with Gasteiger partial charge < -0.3 is 0 Å². The number of fused-ring (bicyclic) bond motifs is 1. The van der Waals surface area contributed by atoms with Crippen LogP contribution < -0.4 is 5.19 Å². The number of benzene rings is 1. The fraction of sp³-hybridized carbons (Fsp3) is 0.259. The number of hydrogen-bond acceptors (Lipinski definition) is 0. The van der Waals surface area contributed by atoms with Gasteiger partial charge >= 0.3 is 0 Å². The van der Waals surface area contributed by atoms with Crippen molar-refractivity contribution in [2.75, 3.05) is 0 Å². The van der Waals surface area contributed by atoms with Crippen LogP contribution in [0.25, 0.3) is 22.3 Å². The Morgan fingerprint density at radius 1 is 0.571 bits per heavy atom. The first-order valence-corrected chi connectivity index (χ1v) is 13.3. The lowest BCUT2D eigenvalue weighted by Gasteiger charge is -2.33. The molecule has 0 aromatic heterocycles. The standard InChI is InChI=1S/C27H30Si/c1-18-19(2)21(4)27(20(18)3)28(5,6)26-17-16-24-23(14-10-11-15-25(24)26)22-12-8-7-9-13-22/h7-17,27H,1-6H3. The highest BCUT2D eigenvalue weighted by molar-refractivity contribution is 6.93. The molecule has 142 valence electrons. The van der Waals surface area contributed by atoms with E-state index in [1.165, 1.54) is 33.4 Å². The Labute approximate surface area is 171 Å². The minimum Gasteiger partial charge on any atom is -0.0653 e. The molecule has 1 aromatic rings. The van der Waals surface area contributed by atoms with Crippen molar-refractivity contribution in [3.63, 3.8) is 0 Å². The molecule has 3 aliphatic rings. The molecule has 0 spiro atoms. The van der Waals surface area contributed by atoms with Crippen LogP contribution in [0, 0.1) is 0 Å². The zero-order chi connectivity index (χ0) is 20.1.